The predicted octanol–water partition coefficient (Wildman–Crippen LogP) is -7.16. The number of aromatic nitrogens is 4. The molecule has 5 heterocycles. The molecule has 0 aliphatic carbocycles. The summed E-state index contributed by atoms with van der Waals surface area (Å²) in [6.07, 6.45) is 8.05. The van der Waals surface area contributed by atoms with Crippen LogP contribution in [0.3, 0.4) is 0 Å². The van der Waals surface area contributed by atoms with Crippen LogP contribution in [-0.2, 0) is 4.57 Å². The van der Waals surface area contributed by atoms with Gasteiger partial charge in [0.2, 0.25) is 0 Å². The fraction of sp³-hybridized carbons (Fsp3) is 0. The molecule has 8 bridgehead atoms. The van der Waals surface area contributed by atoms with Gasteiger partial charge >= 0.3 is 88.7 Å². The molecule has 2 aliphatic rings. The SMILES string of the molecule is C1=Cc2cc3ccc(cc4ccc(cc5nc(cc1n2)C=C5)[nH]4)[nH]3.O=P([O-])([O-])[O-].[Na+].[Na+].[Na+]. The van der Waals surface area contributed by atoms with Crippen LogP contribution in [0.15, 0.2) is 48.5 Å². The van der Waals surface area contributed by atoms with Gasteiger partial charge in [0.05, 0.1) is 22.8 Å². The van der Waals surface area contributed by atoms with Gasteiger partial charge in [0.25, 0.3) is 0 Å². The molecule has 0 fully saturated rings. The van der Waals surface area contributed by atoms with Crippen LogP contribution >= 0.6 is 7.82 Å². The van der Waals surface area contributed by atoms with Gasteiger partial charge < -0.3 is 29.2 Å². The van der Waals surface area contributed by atoms with Crippen LogP contribution in [0.2, 0.25) is 0 Å². The van der Waals surface area contributed by atoms with Crippen molar-refractivity contribution >= 4 is 54.2 Å². The molecule has 0 saturated heterocycles. The number of rotatable bonds is 0. The molecular weight excluding hydrogens is 460 g/mol. The van der Waals surface area contributed by atoms with Crippen LogP contribution in [0.4, 0.5) is 0 Å². The smallest absolute Gasteiger partial charge is 0.822 e. The Kier molecular flexibility index (Phi) is 12.1. The van der Waals surface area contributed by atoms with E-state index in [1.807, 2.05) is 42.5 Å². The average molecular weight is 474 g/mol. The zero-order valence-electron chi connectivity index (χ0n) is 17.9. The van der Waals surface area contributed by atoms with Gasteiger partial charge in [-0.3, -0.25) is 0 Å². The van der Waals surface area contributed by atoms with E-state index in [2.05, 4.69) is 50.3 Å². The number of H-pyrrole nitrogens is 2. The molecule has 0 saturated carbocycles. The van der Waals surface area contributed by atoms with Crippen LogP contribution in [-0.4, -0.2) is 19.9 Å². The minimum Gasteiger partial charge on any atom is -0.822 e. The van der Waals surface area contributed by atoms with Crippen LogP contribution in [0, 0.1) is 0 Å². The first kappa shape index (κ1) is 29.7. The van der Waals surface area contributed by atoms with Gasteiger partial charge in [-0.2, -0.15) is 7.82 Å². The second-order valence-electron chi connectivity index (χ2n) is 6.35. The second kappa shape index (κ2) is 13.0. The Labute approximate surface area is 250 Å². The molecule has 3 aromatic heterocycles. The van der Waals surface area contributed by atoms with Gasteiger partial charge in [-0.25, -0.2) is 9.97 Å². The number of phosphoric acid groups is 1. The molecule has 0 amide bonds. The molecule has 5 rings (SSSR count). The predicted molar refractivity (Wildman–Crippen MR) is 106 cm³/mol. The van der Waals surface area contributed by atoms with Crippen molar-refractivity contribution in [1.29, 1.82) is 0 Å². The maximum Gasteiger partial charge on any atom is 1.00 e. The Morgan fingerprint density at radius 2 is 0.844 bits per heavy atom. The first-order valence-corrected chi connectivity index (χ1v) is 10.0. The van der Waals surface area contributed by atoms with E-state index in [9.17, 15) is 0 Å². The van der Waals surface area contributed by atoms with Crippen molar-refractivity contribution in [2.75, 3.05) is 0 Å². The number of nitrogens with one attached hydrogen (secondary N) is 2. The Morgan fingerprint density at radius 1 is 0.562 bits per heavy atom. The van der Waals surface area contributed by atoms with Crippen LogP contribution in [0.1, 0.15) is 22.8 Å². The molecule has 0 aromatic carbocycles. The summed E-state index contributed by atoms with van der Waals surface area (Å²) in [5.41, 5.74) is 7.86. The van der Waals surface area contributed by atoms with Crippen LogP contribution < -0.4 is 103 Å². The zero-order valence-corrected chi connectivity index (χ0v) is 24.8. The third-order valence-electron chi connectivity index (χ3n) is 4.04. The van der Waals surface area contributed by atoms with Crippen molar-refractivity contribution in [3.05, 3.63) is 71.3 Å². The molecule has 0 radical (unpaired) electrons. The largest absolute Gasteiger partial charge is 1.00 e. The first-order chi connectivity index (χ1) is 13.8. The summed E-state index contributed by atoms with van der Waals surface area (Å²) in [6, 6.07) is 16.4. The molecule has 2 aliphatic heterocycles. The van der Waals surface area contributed by atoms with Gasteiger partial charge in [0.1, 0.15) is 0 Å². The molecular formula is C20H14N4Na3O4P. The molecule has 146 valence electrons. The third-order valence-corrected chi connectivity index (χ3v) is 4.04. The Hall–Kier alpha value is -0.290. The minimum absolute atomic E-state index is 0. The van der Waals surface area contributed by atoms with Crippen molar-refractivity contribution in [2.45, 2.75) is 0 Å². The number of hydrogen-bond acceptors (Lipinski definition) is 6. The number of aromatic amines is 2. The molecule has 8 nitrogen and oxygen atoms in total. The molecule has 0 unspecified atom stereocenters. The number of hydrogen-bond donors (Lipinski definition) is 2. The maximum absolute atomic E-state index is 8.55. The van der Waals surface area contributed by atoms with Gasteiger partial charge in [-0.1, -0.05) is 0 Å². The molecule has 32 heavy (non-hydrogen) atoms. The molecule has 3 aromatic rings. The van der Waals surface area contributed by atoms with Crippen molar-refractivity contribution in [3.63, 3.8) is 0 Å². The van der Waals surface area contributed by atoms with E-state index in [4.69, 9.17) is 19.2 Å². The summed E-state index contributed by atoms with van der Waals surface area (Å²) in [6.45, 7) is 0. The quantitative estimate of drug-likeness (QED) is 0.169. The van der Waals surface area contributed by atoms with Gasteiger partial charge in [0, 0.05) is 22.1 Å². The van der Waals surface area contributed by atoms with E-state index in [1.165, 1.54) is 0 Å². The van der Waals surface area contributed by atoms with Crippen LogP contribution in [0.5, 0.6) is 0 Å². The molecule has 0 spiro atoms. The van der Waals surface area contributed by atoms with E-state index in [0.29, 0.717) is 0 Å². The summed E-state index contributed by atoms with van der Waals surface area (Å²) in [5, 5.41) is 0. The maximum atomic E-state index is 8.55. The summed E-state index contributed by atoms with van der Waals surface area (Å²) >= 11 is 0. The minimum atomic E-state index is -5.39. The normalized spacial score (nSPS) is 11.3. The fourth-order valence-corrected chi connectivity index (χ4v) is 2.94. The Balaban J connectivity index is 0.000000584. The van der Waals surface area contributed by atoms with Gasteiger partial charge in [-0.05, 0) is 72.8 Å². The fourth-order valence-electron chi connectivity index (χ4n) is 2.94. The molecule has 12 heteroatoms. The first-order valence-electron chi connectivity index (χ1n) is 8.58. The standard InChI is InChI=1S/C20H14N4.3Na.H3O4P/c1-2-14-10-16-5-6-18(23-16)12-20-8-7-19(24-20)11-17-4-3-15(22-17)9-13(1)21-14;;;;1-5(2,3)4/h1-12,21-22H;;;;(H3,1,2,3,4)/q;3*+1;/p-3. The summed E-state index contributed by atoms with van der Waals surface area (Å²) < 4.78 is 8.55. The molecule has 0 atom stereocenters. The summed E-state index contributed by atoms with van der Waals surface area (Å²) in [4.78, 5) is 41.7. The average Bonchev–Trinajstić information content (AvgIpc) is 3.38. The third kappa shape index (κ3) is 9.16. The number of nitrogens with zero attached hydrogens (tertiary/aromatic N) is 2. The van der Waals surface area contributed by atoms with E-state index in [-0.39, 0.29) is 88.7 Å². The Morgan fingerprint density at radius 3 is 1.19 bits per heavy atom. The van der Waals surface area contributed by atoms with Gasteiger partial charge in [-0.15, -0.1) is 0 Å². The van der Waals surface area contributed by atoms with E-state index in [0.717, 1.165) is 44.8 Å². The van der Waals surface area contributed by atoms with E-state index in [1.54, 1.807) is 0 Å². The van der Waals surface area contributed by atoms with Crippen molar-refractivity contribution < 1.29 is 108 Å². The van der Waals surface area contributed by atoms with Gasteiger partial charge in [0.15, 0.2) is 0 Å². The van der Waals surface area contributed by atoms with Crippen molar-refractivity contribution in [3.8, 4) is 0 Å². The molecule has 2 N–H and O–H groups in total. The topological polar surface area (TPSA) is 144 Å². The zero-order chi connectivity index (χ0) is 20.4. The number of fused-ring (bicyclic) bond motifs is 8. The van der Waals surface area contributed by atoms with Crippen molar-refractivity contribution in [2.24, 2.45) is 0 Å². The second-order valence-corrected chi connectivity index (χ2v) is 7.25. The van der Waals surface area contributed by atoms with E-state index < -0.39 is 7.82 Å². The van der Waals surface area contributed by atoms with Crippen LogP contribution in [0.25, 0.3) is 46.4 Å². The Bertz CT molecular complexity index is 1250. The van der Waals surface area contributed by atoms with E-state index >= 15 is 0 Å². The monoisotopic (exact) mass is 474 g/mol. The summed E-state index contributed by atoms with van der Waals surface area (Å²) in [5.74, 6) is 0. The summed E-state index contributed by atoms with van der Waals surface area (Å²) in [7, 11) is -5.39. The van der Waals surface area contributed by atoms with Crippen molar-refractivity contribution in [1.82, 2.24) is 19.9 Å².